The predicted octanol–water partition coefficient (Wildman–Crippen LogP) is 5.08. The normalized spacial score (nSPS) is 12.4. The van der Waals surface area contributed by atoms with Crippen LogP contribution in [0, 0.1) is 22.7 Å². The number of hydrogen-bond acceptors (Lipinski definition) is 6. The van der Waals surface area contributed by atoms with E-state index in [2.05, 4.69) is 5.32 Å². The third kappa shape index (κ3) is 6.19. The molecule has 0 radical (unpaired) electrons. The smallest absolute Gasteiger partial charge is 0.417 e. The highest BCUT2D eigenvalue weighted by Crippen LogP contribution is 2.34. The second-order valence-electron chi connectivity index (χ2n) is 7.74. The van der Waals surface area contributed by atoms with Crippen LogP contribution < -0.4 is 10.1 Å². The summed E-state index contributed by atoms with van der Waals surface area (Å²) in [4.78, 5) is 25.9. The van der Waals surface area contributed by atoms with Gasteiger partial charge >= 0.3 is 12.1 Å². The van der Waals surface area contributed by atoms with Gasteiger partial charge in [0.2, 0.25) is 5.60 Å². The first-order valence-electron chi connectivity index (χ1n) is 10.4. The van der Waals surface area contributed by atoms with Gasteiger partial charge in [0.15, 0.2) is 0 Å². The van der Waals surface area contributed by atoms with Crippen molar-refractivity contribution < 1.29 is 32.2 Å². The van der Waals surface area contributed by atoms with Crippen LogP contribution in [-0.2, 0) is 15.7 Å². The summed E-state index contributed by atoms with van der Waals surface area (Å²) in [6, 6.07) is 19.8. The Hall–Kier alpha value is -4.83. The first-order chi connectivity index (χ1) is 17.1. The Morgan fingerprint density at radius 3 is 2.19 bits per heavy atom. The van der Waals surface area contributed by atoms with Gasteiger partial charge < -0.3 is 14.8 Å². The second kappa shape index (κ2) is 10.6. The maximum absolute atomic E-state index is 13.3. The largest absolute Gasteiger partial charge is 0.489 e. The Bertz CT molecular complexity index is 1340. The number of alkyl halides is 3. The van der Waals surface area contributed by atoms with Crippen LogP contribution in [0.1, 0.15) is 34.0 Å². The fourth-order valence-electron chi connectivity index (χ4n) is 3.04. The van der Waals surface area contributed by atoms with Gasteiger partial charge in [-0.2, -0.15) is 23.7 Å². The van der Waals surface area contributed by atoms with Crippen molar-refractivity contribution in [3.8, 4) is 17.9 Å². The molecule has 0 saturated carbocycles. The molecular formula is C26H18F3N3O4. The molecule has 1 N–H and O–H groups in total. The average Bonchev–Trinajstić information content (AvgIpc) is 2.87. The minimum Gasteiger partial charge on any atom is -0.489 e. The topological polar surface area (TPSA) is 112 Å². The van der Waals surface area contributed by atoms with Crippen molar-refractivity contribution >= 4 is 17.6 Å². The molecule has 3 aromatic carbocycles. The fraction of sp³-hybridized carbons (Fsp3) is 0.154. The summed E-state index contributed by atoms with van der Waals surface area (Å²) in [6.07, 6.45) is -4.83. The summed E-state index contributed by atoms with van der Waals surface area (Å²) in [6.45, 7) is 0.757. The molecule has 10 heteroatoms. The number of anilines is 1. The number of nitrogens with one attached hydrogen (secondary N) is 1. The third-order valence-corrected chi connectivity index (χ3v) is 5.01. The van der Waals surface area contributed by atoms with E-state index >= 15 is 0 Å². The molecule has 0 heterocycles. The van der Waals surface area contributed by atoms with E-state index in [0.29, 0.717) is 11.6 Å². The first kappa shape index (κ1) is 25.8. The number of ether oxygens (including phenoxy) is 2. The fourth-order valence-corrected chi connectivity index (χ4v) is 3.04. The summed E-state index contributed by atoms with van der Waals surface area (Å²) in [5.41, 5.74) is -3.55. The number of amides is 1. The van der Waals surface area contributed by atoms with E-state index in [-0.39, 0.29) is 17.0 Å². The van der Waals surface area contributed by atoms with Crippen molar-refractivity contribution in [3.63, 3.8) is 0 Å². The average molecular weight is 493 g/mol. The summed E-state index contributed by atoms with van der Waals surface area (Å²) in [5.74, 6) is -1.55. The molecule has 0 spiro atoms. The molecule has 182 valence electrons. The van der Waals surface area contributed by atoms with Crippen LogP contribution >= 0.6 is 0 Å². The molecule has 3 aromatic rings. The van der Waals surface area contributed by atoms with E-state index in [0.717, 1.165) is 12.1 Å². The number of carbonyl (C=O) groups is 2. The van der Waals surface area contributed by atoms with Gasteiger partial charge in [0.05, 0.1) is 34.4 Å². The number of hydrogen-bond donors (Lipinski definition) is 1. The van der Waals surface area contributed by atoms with Gasteiger partial charge in [0, 0.05) is 5.69 Å². The van der Waals surface area contributed by atoms with Crippen molar-refractivity contribution in [3.05, 3.63) is 95.1 Å². The zero-order valence-corrected chi connectivity index (χ0v) is 18.8. The first-order valence-corrected chi connectivity index (χ1v) is 10.4. The predicted molar refractivity (Wildman–Crippen MR) is 122 cm³/mol. The lowest BCUT2D eigenvalue weighted by atomic mass is 10.0. The molecule has 0 unspecified atom stereocenters. The highest BCUT2D eigenvalue weighted by Gasteiger charge is 2.40. The number of esters is 1. The van der Waals surface area contributed by atoms with Crippen molar-refractivity contribution in [2.24, 2.45) is 0 Å². The number of rotatable bonds is 7. The van der Waals surface area contributed by atoms with E-state index in [1.165, 1.54) is 49.4 Å². The van der Waals surface area contributed by atoms with Gasteiger partial charge in [-0.1, -0.05) is 18.2 Å². The number of halogens is 3. The SMILES string of the molecule is C[C@@](COc1ccc(C#N)cc1)(OC(=O)c1ccccc1)C(=O)Nc1ccc(C#N)c(C(F)(F)F)c1. The monoisotopic (exact) mass is 493 g/mol. The van der Waals surface area contributed by atoms with Crippen LogP contribution in [0.5, 0.6) is 5.75 Å². The summed E-state index contributed by atoms with van der Waals surface area (Å²) >= 11 is 0. The molecule has 3 rings (SSSR count). The molecule has 0 bridgehead atoms. The van der Waals surface area contributed by atoms with Crippen LogP contribution in [0.3, 0.4) is 0 Å². The zero-order chi connectivity index (χ0) is 26.3. The molecule has 0 aliphatic carbocycles. The molecule has 7 nitrogen and oxygen atoms in total. The lowest BCUT2D eigenvalue weighted by Gasteiger charge is -2.28. The molecular weight excluding hydrogens is 475 g/mol. The Morgan fingerprint density at radius 2 is 1.61 bits per heavy atom. The van der Waals surface area contributed by atoms with Gasteiger partial charge in [-0.25, -0.2) is 4.79 Å². The Labute approximate surface area is 204 Å². The molecule has 0 saturated heterocycles. The van der Waals surface area contributed by atoms with Gasteiger partial charge in [-0.15, -0.1) is 0 Å². The van der Waals surface area contributed by atoms with Crippen LogP contribution in [0.4, 0.5) is 18.9 Å². The van der Waals surface area contributed by atoms with Crippen molar-refractivity contribution in [2.75, 3.05) is 11.9 Å². The Kier molecular flexibility index (Phi) is 7.61. The van der Waals surface area contributed by atoms with Crippen LogP contribution in [0.2, 0.25) is 0 Å². The number of benzene rings is 3. The van der Waals surface area contributed by atoms with E-state index in [4.69, 9.17) is 20.0 Å². The highest BCUT2D eigenvalue weighted by atomic mass is 19.4. The molecule has 0 fully saturated rings. The summed E-state index contributed by atoms with van der Waals surface area (Å²) in [7, 11) is 0. The second-order valence-corrected chi connectivity index (χ2v) is 7.74. The minimum atomic E-state index is -4.83. The van der Waals surface area contributed by atoms with E-state index < -0.39 is 41.4 Å². The summed E-state index contributed by atoms with van der Waals surface area (Å²) < 4.78 is 51.1. The molecule has 0 aliphatic rings. The lowest BCUT2D eigenvalue weighted by Crippen LogP contribution is -2.49. The number of carbonyl (C=O) groups excluding carboxylic acids is 2. The molecule has 36 heavy (non-hydrogen) atoms. The highest BCUT2D eigenvalue weighted by molar-refractivity contribution is 6.00. The summed E-state index contributed by atoms with van der Waals surface area (Å²) in [5, 5.41) is 20.2. The standard InChI is InChI=1S/C26H18F3N3O4/c1-25(36-23(33)18-5-3-2-4-6-18,16-35-21-11-7-17(14-30)8-12-21)24(34)32-20-10-9-19(15-31)22(13-20)26(27,28)29/h2-13H,16H2,1H3,(H,32,34)/t25-/m0/s1. The number of nitriles is 2. The van der Waals surface area contributed by atoms with Crippen molar-refractivity contribution in [1.29, 1.82) is 10.5 Å². The van der Waals surface area contributed by atoms with Gasteiger partial charge in [-0.3, -0.25) is 4.79 Å². The van der Waals surface area contributed by atoms with Crippen molar-refractivity contribution in [2.45, 2.75) is 18.7 Å². The van der Waals surface area contributed by atoms with E-state index in [9.17, 15) is 22.8 Å². The van der Waals surface area contributed by atoms with Crippen molar-refractivity contribution in [1.82, 2.24) is 0 Å². The Morgan fingerprint density at radius 1 is 0.944 bits per heavy atom. The van der Waals surface area contributed by atoms with E-state index in [1.54, 1.807) is 18.2 Å². The van der Waals surface area contributed by atoms with Gasteiger partial charge in [0.25, 0.3) is 5.91 Å². The third-order valence-electron chi connectivity index (χ3n) is 5.01. The lowest BCUT2D eigenvalue weighted by molar-refractivity contribution is -0.138. The minimum absolute atomic E-state index is 0.146. The van der Waals surface area contributed by atoms with Crippen LogP contribution in [0.25, 0.3) is 0 Å². The number of nitrogens with zero attached hydrogens (tertiary/aromatic N) is 2. The molecule has 0 aliphatic heterocycles. The Balaban J connectivity index is 1.88. The molecule has 1 amide bonds. The van der Waals surface area contributed by atoms with E-state index in [1.807, 2.05) is 6.07 Å². The maximum atomic E-state index is 13.3. The maximum Gasteiger partial charge on any atom is 0.417 e. The van der Waals surface area contributed by atoms with Gasteiger partial charge in [-0.05, 0) is 61.5 Å². The molecule has 1 atom stereocenters. The van der Waals surface area contributed by atoms with Gasteiger partial charge in [0.1, 0.15) is 12.4 Å². The molecule has 0 aromatic heterocycles. The van der Waals surface area contributed by atoms with Crippen LogP contribution in [-0.4, -0.2) is 24.1 Å². The zero-order valence-electron chi connectivity index (χ0n) is 18.8. The van der Waals surface area contributed by atoms with Crippen LogP contribution in [0.15, 0.2) is 72.8 Å². The quantitative estimate of drug-likeness (QED) is 0.459.